The zero-order valence-corrected chi connectivity index (χ0v) is 12.9. The second kappa shape index (κ2) is 5.70. The van der Waals surface area contributed by atoms with Gasteiger partial charge in [-0.1, -0.05) is 66.7 Å². The number of aromatic carboxylic acids is 1. The van der Waals surface area contributed by atoms with Crippen molar-refractivity contribution >= 4 is 16.9 Å². The number of hydrogen-bond donors (Lipinski definition) is 2. The third-order valence-electron chi connectivity index (χ3n) is 4.18. The maximum Gasteiger partial charge on any atom is 0.352 e. The molecule has 0 saturated carbocycles. The lowest BCUT2D eigenvalue weighted by Gasteiger charge is -2.04. The van der Waals surface area contributed by atoms with Crippen LogP contribution < -0.4 is 0 Å². The highest BCUT2D eigenvalue weighted by atomic mass is 16.4. The summed E-state index contributed by atoms with van der Waals surface area (Å²) in [7, 11) is 0. The summed E-state index contributed by atoms with van der Waals surface area (Å²) in [5, 5.41) is 10.5. The van der Waals surface area contributed by atoms with Crippen LogP contribution in [0.2, 0.25) is 0 Å². The van der Waals surface area contributed by atoms with Gasteiger partial charge in [-0.3, -0.25) is 0 Å². The molecule has 116 valence electrons. The van der Waals surface area contributed by atoms with E-state index in [1.165, 1.54) is 0 Å². The fourth-order valence-corrected chi connectivity index (χ4v) is 3.07. The van der Waals surface area contributed by atoms with Crippen LogP contribution in [0.1, 0.15) is 10.5 Å². The molecule has 2 N–H and O–H groups in total. The molecule has 0 atom stereocenters. The minimum atomic E-state index is -0.952. The van der Waals surface area contributed by atoms with Gasteiger partial charge in [0, 0.05) is 16.5 Å². The number of H-pyrrole nitrogens is 1. The van der Waals surface area contributed by atoms with Crippen molar-refractivity contribution in [2.45, 2.75) is 0 Å². The van der Waals surface area contributed by atoms with Crippen LogP contribution in [0.25, 0.3) is 33.2 Å². The van der Waals surface area contributed by atoms with Gasteiger partial charge in [-0.15, -0.1) is 0 Å². The largest absolute Gasteiger partial charge is 0.477 e. The number of fused-ring (bicyclic) bond motifs is 1. The van der Waals surface area contributed by atoms with E-state index < -0.39 is 5.97 Å². The molecule has 0 aliphatic rings. The van der Waals surface area contributed by atoms with Gasteiger partial charge in [0.05, 0.1) is 0 Å². The maximum atomic E-state index is 11.7. The lowest BCUT2D eigenvalue weighted by Crippen LogP contribution is -1.98. The first kappa shape index (κ1) is 14.3. The van der Waals surface area contributed by atoms with E-state index in [0.717, 1.165) is 33.2 Å². The molecule has 4 rings (SSSR count). The molecule has 0 aliphatic carbocycles. The van der Waals surface area contributed by atoms with E-state index in [1.54, 1.807) is 0 Å². The van der Waals surface area contributed by atoms with E-state index >= 15 is 0 Å². The Bertz CT molecular complexity index is 1020. The van der Waals surface area contributed by atoms with Gasteiger partial charge in [-0.25, -0.2) is 4.79 Å². The highest BCUT2D eigenvalue weighted by molar-refractivity contribution is 6.08. The number of aromatic amines is 1. The summed E-state index contributed by atoms with van der Waals surface area (Å²) < 4.78 is 0. The number of nitrogens with one attached hydrogen (secondary N) is 1. The van der Waals surface area contributed by atoms with E-state index in [4.69, 9.17) is 0 Å². The number of hydrogen-bond acceptors (Lipinski definition) is 1. The zero-order chi connectivity index (χ0) is 16.5. The Morgan fingerprint density at radius 1 is 0.750 bits per heavy atom. The average Bonchev–Trinajstić information content (AvgIpc) is 3.02. The number of carboxylic acid groups (broad SMARTS) is 1. The number of benzene rings is 3. The Morgan fingerprint density at radius 2 is 1.38 bits per heavy atom. The van der Waals surface area contributed by atoms with Crippen LogP contribution in [-0.2, 0) is 0 Å². The second-order valence-electron chi connectivity index (χ2n) is 5.67. The fraction of sp³-hybridized carbons (Fsp3) is 0. The number of carbonyl (C=O) groups is 1. The summed E-state index contributed by atoms with van der Waals surface area (Å²) in [6, 6.07) is 25.7. The summed E-state index contributed by atoms with van der Waals surface area (Å²) >= 11 is 0. The molecule has 0 radical (unpaired) electrons. The van der Waals surface area contributed by atoms with Gasteiger partial charge in [-0.2, -0.15) is 0 Å². The zero-order valence-electron chi connectivity index (χ0n) is 12.9. The molecule has 0 amide bonds. The smallest absolute Gasteiger partial charge is 0.352 e. The van der Waals surface area contributed by atoms with E-state index in [9.17, 15) is 9.90 Å². The molecule has 3 nitrogen and oxygen atoms in total. The third-order valence-corrected chi connectivity index (χ3v) is 4.18. The molecular weight excluding hydrogens is 298 g/mol. The number of rotatable bonds is 3. The number of carboxylic acids is 1. The topological polar surface area (TPSA) is 53.1 Å². The summed E-state index contributed by atoms with van der Waals surface area (Å²) in [6.45, 7) is 0. The van der Waals surface area contributed by atoms with Crippen LogP contribution in [0.15, 0.2) is 78.9 Å². The van der Waals surface area contributed by atoms with Crippen molar-refractivity contribution in [1.29, 1.82) is 0 Å². The summed E-state index contributed by atoms with van der Waals surface area (Å²) in [5.41, 5.74) is 4.85. The van der Waals surface area contributed by atoms with Crippen LogP contribution >= 0.6 is 0 Å². The lowest BCUT2D eigenvalue weighted by molar-refractivity contribution is 0.0692. The molecule has 0 bridgehead atoms. The summed E-state index contributed by atoms with van der Waals surface area (Å²) in [6.07, 6.45) is 0. The molecule has 3 aromatic carbocycles. The fourth-order valence-electron chi connectivity index (χ4n) is 3.07. The van der Waals surface area contributed by atoms with Crippen molar-refractivity contribution in [2.24, 2.45) is 0 Å². The maximum absolute atomic E-state index is 11.7. The predicted molar refractivity (Wildman–Crippen MR) is 96.1 cm³/mol. The molecule has 3 heteroatoms. The van der Waals surface area contributed by atoms with E-state index in [1.807, 2.05) is 72.8 Å². The molecule has 0 unspecified atom stereocenters. The van der Waals surface area contributed by atoms with Crippen molar-refractivity contribution < 1.29 is 9.90 Å². The van der Waals surface area contributed by atoms with Crippen molar-refractivity contribution in [3.05, 3.63) is 84.6 Å². The Morgan fingerprint density at radius 3 is 2.00 bits per heavy atom. The molecule has 1 aromatic heterocycles. The Balaban J connectivity index is 2.01. The Hall–Kier alpha value is -3.33. The van der Waals surface area contributed by atoms with Gasteiger partial charge in [0.2, 0.25) is 0 Å². The van der Waals surface area contributed by atoms with Crippen molar-refractivity contribution in [3.63, 3.8) is 0 Å². The van der Waals surface area contributed by atoms with Gasteiger partial charge in [-0.05, 0) is 28.8 Å². The normalized spacial score (nSPS) is 10.8. The Kier molecular flexibility index (Phi) is 3.39. The van der Waals surface area contributed by atoms with Gasteiger partial charge < -0.3 is 10.1 Å². The van der Waals surface area contributed by atoms with E-state index in [-0.39, 0.29) is 5.69 Å². The SMILES string of the molecule is O=C(O)c1[nH]c2ccc(-c3ccccc3)cc2c1-c1ccccc1. The minimum absolute atomic E-state index is 0.224. The standard InChI is InChI=1S/C21H15NO2/c23-21(24)20-19(15-9-5-2-6-10-15)17-13-16(11-12-18(17)22-20)14-7-3-1-4-8-14/h1-13,22H,(H,23,24). The van der Waals surface area contributed by atoms with Gasteiger partial charge in [0.25, 0.3) is 0 Å². The number of aromatic nitrogens is 1. The quantitative estimate of drug-likeness (QED) is 0.546. The first-order valence-electron chi connectivity index (χ1n) is 7.74. The van der Waals surface area contributed by atoms with E-state index in [0.29, 0.717) is 0 Å². The van der Waals surface area contributed by atoms with Crippen LogP contribution in [0.5, 0.6) is 0 Å². The van der Waals surface area contributed by atoms with Crippen LogP contribution in [-0.4, -0.2) is 16.1 Å². The second-order valence-corrected chi connectivity index (χ2v) is 5.67. The molecular formula is C21H15NO2. The molecule has 0 aliphatic heterocycles. The minimum Gasteiger partial charge on any atom is -0.477 e. The Labute approximate surface area is 139 Å². The highest BCUT2D eigenvalue weighted by Crippen LogP contribution is 2.35. The highest BCUT2D eigenvalue weighted by Gasteiger charge is 2.18. The summed E-state index contributed by atoms with van der Waals surface area (Å²) in [5.74, 6) is -0.952. The monoisotopic (exact) mass is 313 g/mol. The van der Waals surface area contributed by atoms with Crippen molar-refractivity contribution in [2.75, 3.05) is 0 Å². The molecule has 0 fully saturated rings. The lowest BCUT2D eigenvalue weighted by atomic mass is 9.98. The van der Waals surface area contributed by atoms with Gasteiger partial charge >= 0.3 is 5.97 Å². The molecule has 24 heavy (non-hydrogen) atoms. The molecule has 0 spiro atoms. The van der Waals surface area contributed by atoms with Gasteiger partial charge in [0.1, 0.15) is 5.69 Å². The third kappa shape index (κ3) is 2.36. The average molecular weight is 313 g/mol. The van der Waals surface area contributed by atoms with E-state index in [2.05, 4.69) is 11.1 Å². The van der Waals surface area contributed by atoms with Crippen LogP contribution in [0.4, 0.5) is 0 Å². The van der Waals surface area contributed by atoms with Crippen molar-refractivity contribution in [1.82, 2.24) is 4.98 Å². The summed E-state index contributed by atoms with van der Waals surface area (Å²) in [4.78, 5) is 14.7. The molecule has 0 saturated heterocycles. The first-order valence-corrected chi connectivity index (χ1v) is 7.74. The molecule has 1 heterocycles. The molecule has 4 aromatic rings. The van der Waals surface area contributed by atoms with Crippen LogP contribution in [0.3, 0.4) is 0 Å². The van der Waals surface area contributed by atoms with Gasteiger partial charge in [0.15, 0.2) is 0 Å². The first-order chi connectivity index (χ1) is 11.7. The van der Waals surface area contributed by atoms with Crippen molar-refractivity contribution in [3.8, 4) is 22.3 Å². The predicted octanol–water partition coefficient (Wildman–Crippen LogP) is 5.20. The van der Waals surface area contributed by atoms with Crippen LogP contribution in [0, 0.1) is 0 Å².